The highest BCUT2D eigenvalue weighted by Gasteiger charge is 2.22. The monoisotopic (exact) mass is 472 g/mol. The summed E-state index contributed by atoms with van der Waals surface area (Å²) in [7, 11) is 2.07. The van der Waals surface area contributed by atoms with Gasteiger partial charge >= 0.3 is 0 Å². The smallest absolute Gasteiger partial charge is 0.216 e. The maximum atomic E-state index is 8.58. The number of nitrogens with zero attached hydrogens (tertiary/aromatic N) is 1. The molecular formula is C34H32NO+. The average Bonchev–Trinajstić information content (AvgIpc) is 3.27. The third kappa shape index (κ3) is 3.87. The van der Waals surface area contributed by atoms with Crippen LogP contribution in [0.2, 0.25) is 0 Å². The summed E-state index contributed by atoms with van der Waals surface area (Å²) in [6, 6.07) is 29.2. The third-order valence-electron chi connectivity index (χ3n) is 6.87. The zero-order valence-corrected chi connectivity index (χ0v) is 21.5. The van der Waals surface area contributed by atoms with Gasteiger partial charge in [-0.25, -0.2) is 4.57 Å². The van der Waals surface area contributed by atoms with Gasteiger partial charge in [0.1, 0.15) is 18.2 Å². The molecule has 0 aliphatic carbocycles. The molecule has 6 rings (SSSR count). The maximum absolute atomic E-state index is 8.58. The van der Waals surface area contributed by atoms with Crippen LogP contribution in [0.3, 0.4) is 0 Å². The Labute approximate surface area is 215 Å². The summed E-state index contributed by atoms with van der Waals surface area (Å²) in [6.07, 6.45) is 0.729. The van der Waals surface area contributed by atoms with E-state index in [1.54, 1.807) is 0 Å². The van der Waals surface area contributed by atoms with Gasteiger partial charge in [0, 0.05) is 25.1 Å². The van der Waals surface area contributed by atoms with Crippen molar-refractivity contribution in [2.45, 2.75) is 34.1 Å². The van der Waals surface area contributed by atoms with E-state index in [1.165, 1.54) is 10.8 Å². The molecule has 0 saturated heterocycles. The molecule has 0 saturated carbocycles. The number of furan rings is 1. The zero-order chi connectivity index (χ0) is 26.8. The first-order valence-corrected chi connectivity index (χ1v) is 12.5. The van der Waals surface area contributed by atoms with Gasteiger partial charge in [-0.1, -0.05) is 87.5 Å². The van der Waals surface area contributed by atoms with Gasteiger partial charge in [0.15, 0.2) is 6.20 Å². The maximum Gasteiger partial charge on any atom is 0.216 e. The Bertz CT molecular complexity index is 1840. The van der Waals surface area contributed by atoms with Crippen LogP contribution in [-0.2, 0) is 13.4 Å². The molecule has 0 aliphatic heterocycles. The van der Waals surface area contributed by atoms with Crippen molar-refractivity contribution in [2.75, 3.05) is 0 Å². The van der Waals surface area contributed by atoms with Gasteiger partial charge in [-0.3, -0.25) is 0 Å². The predicted molar refractivity (Wildman–Crippen MR) is 151 cm³/mol. The van der Waals surface area contributed by atoms with Crippen LogP contribution in [0.1, 0.15) is 34.6 Å². The van der Waals surface area contributed by atoms with Gasteiger partial charge in [-0.2, -0.15) is 0 Å². The van der Waals surface area contributed by atoms with Crippen molar-refractivity contribution >= 4 is 32.7 Å². The number of hydrogen-bond donors (Lipinski definition) is 0. The van der Waals surface area contributed by atoms with Crippen LogP contribution in [0.15, 0.2) is 95.5 Å². The number of rotatable bonds is 3. The summed E-state index contributed by atoms with van der Waals surface area (Å²) in [5.41, 5.74) is 7.53. The lowest BCUT2D eigenvalue weighted by Gasteiger charge is -2.18. The van der Waals surface area contributed by atoms with E-state index < -0.39 is 11.8 Å². The summed E-state index contributed by atoms with van der Waals surface area (Å²) in [5.74, 6) is 0. The molecule has 0 aliphatic rings. The van der Waals surface area contributed by atoms with Crippen molar-refractivity contribution in [3.8, 4) is 22.4 Å². The molecule has 0 N–H and O–H groups in total. The van der Waals surface area contributed by atoms with Crippen LogP contribution in [0, 0.1) is 12.3 Å². The second-order valence-corrected chi connectivity index (χ2v) is 10.8. The van der Waals surface area contributed by atoms with Crippen molar-refractivity contribution in [1.82, 2.24) is 0 Å². The van der Waals surface area contributed by atoms with Crippen molar-refractivity contribution in [3.63, 3.8) is 0 Å². The van der Waals surface area contributed by atoms with Gasteiger partial charge in [0.25, 0.3) is 0 Å². The van der Waals surface area contributed by atoms with Gasteiger partial charge in [0.2, 0.25) is 5.69 Å². The van der Waals surface area contributed by atoms with Crippen LogP contribution < -0.4 is 4.57 Å². The summed E-state index contributed by atoms with van der Waals surface area (Å²) < 4.78 is 25.8. The van der Waals surface area contributed by atoms with Crippen molar-refractivity contribution < 1.29 is 11.7 Å². The fourth-order valence-corrected chi connectivity index (χ4v) is 5.24. The van der Waals surface area contributed by atoms with Crippen molar-refractivity contribution in [2.24, 2.45) is 12.5 Å². The highest BCUT2D eigenvalue weighted by Crippen LogP contribution is 2.40. The summed E-state index contributed by atoms with van der Waals surface area (Å²) in [6.45, 7) is 7.95. The lowest BCUT2D eigenvalue weighted by molar-refractivity contribution is -0.659. The molecule has 2 heteroatoms. The molecule has 36 heavy (non-hydrogen) atoms. The standard InChI is InChI=1S/C34H32NO/c1-22-10-17-28-32-27-9-7-6-8-25(27)16-19-30(32)36-33(28)31(22)29-18-15-26(21-35(29)5)24-13-11-23(12-14-24)20-34(2,3)4/h6-19,21H,20H2,1-5H3/q+1/i20D2. The second-order valence-electron chi connectivity index (χ2n) is 10.8. The SMILES string of the molecule is [2H]C([2H])(c1ccc(-c2ccc(-c3c(C)ccc4c3oc3ccc5ccccc5c34)[n+](C)c2)cc1)C(C)(C)C. The normalized spacial score (nSPS) is 13.4. The first-order chi connectivity index (χ1) is 18.1. The van der Waals surface area contributed by atoms with E-state index in [-0.39, 0.29) is 0 Å². The van der Waals surface area contributed by atoms with E-state index in [9.17, 15) is 0 Å². The summed E-state index contributed by atoms with van der Waals surface area (Å²) in [5, 5.41) is 4.71. The van der Waals surface area contributed by atoms with Crippen LogP contribution in [-0.4, -0.2) is 0 Å². The van der Waals surface area contributed by atoms with Crippen LogP contribution in [0.25, 0.3) is 55.1 Å². The Morgan fingerprint density at radius 2 is 1.56 bits per heavy atom. The van der Waals surface area contributed by atoms with E-state index in [1.807, 2.05) is 45.0 Å². The number of aromatic nitrogens is 1. The van der Waals surface area contributed by atoms with Crippen LogP contribution >= 0.6 is 0 Å². The minimum Gasteiger partial charge on any atom is -0.455 e. The molecule has 6 aromatic rings. The average molecular weight is 473 g/mol. The van der Waals surface area contributed by atoms with E-state index >= 15 is 0 Å². The van der Waals surface area contributed by atoms with E-state index in [0.29, 0.717) is 5.56 Å². The molecule has 0 bridgehead atoms. The quantitative estimate of drug-likeness (QED) is 0.235. The van der Waals surface area contributed by atoms with Crippen LogP contribution in [0.4, 0.5) is 0 Å². The fraction of sp³-hybridized carbons (Fsp3) is 0.206. The first kappa shape index (κ1) is 20.3. The van der Waals surface area contributed by atoms with Gasteiger partial charge < -0.3 is 4.42 Å². The number of aryl methyl sites for hydroxylation is 2. The lowest BCUT2D eigenvalue weighted by atomic mass is 9.88. The molecule has 2 nitrogen and oxygen atoms in total. The van der Waals surface area contributed by atoms with Gasteiger partial charge in [0.05, 0.1) is 5.56 Å². The van der Waals surface area contributed by atoms with Crippen molar-refractivity contribution in [3.05, 3.63) is 102 Å². The molecule has 0 fully saturated rings. The Kier molecular flexibility index (Phi) is 4.70. The lowest BCUT2D eigenvalue weighted by Crippen LogP contribution is -2.31. The minimum atomic E-state index is -1.41. The minimum absolute atomic E-state index is 0.482. The van der Waals surface area contributed by atoms with E-state index in [0.717, 1.165) is 49.9 Å². The Balaban J connectivity index is 1.45. The zero-order valence-electron chi connectivity index (χ0n) is 23.5. The molecule has 0 atom stereocenters. The molecule has 178 valence electrons. The van der Waals surface area contributed by atoms with Crippen LogP contribution in [0.5, 0.6) is 0 Å². The number of pyridine rings is 1. The summed E-state index contributed by atoms with van der Waals surface area (Å²) in [4.78, 5) is 0. The summed E-state index contributed by atoms with van der Waals surface area (Å²) >= 11 is 0. The highest BCUT2D eigenvalue weighted by molar-refractivity contribution is 6.20. The molecule has 2 heterocycles. The molecule has 4 aromatic carbocycles. The molecule has 0 unspecified atom stereocenters. The topological polar surface area (TPSA) is 17.0 Å². The number of fused-ring (bicyclic) bond motifs is 5. The fourth-order valence-electron chi connectivity index (χ4n) is 5.24. The Hall–Kier alpha value is -3.91. The number of benzene rings is 4. The Morgan fingerprint density at radius 1 is 0.806 bits per heavy atom. The first-order valence-electron chi connectivity index (χ1n) is 13.5. The highest BCUT2D eigenvalue weighted by atomic mass is 16.3. The predicted octanol–water partition coefficient (Wildman–Crippen LogP) is 8.79. The van der Waals surface area contributed by atoms with E-state index in [2.05, 4.69) is 85.4 Å². The molecular weight excluding hydrogens is 438 g/mol. The molecule has 0 spiro atoms. The molecule has 0 radical (unpaired) electrons. The van der Waals surface area contributed by atoms with Gasteiger partial charge in [-0.15, -0.1) is 0 Å². The molecule has 0 amide bonds. The largest absolute Gasteiger partial charge is 0.455 e. The van der Waals surface area contributed by atoms with Gasteiger partial charge in [-0.05, 0) is 58.3 Å². The molecule has 2 aromatic heterocycles. The van der Waals surface area contributed by atoms with Crippen molar-refractivity contribution in [1.29, 1.82) is 0 Å². The Morgan fingerprint density at radius 3 is 2.31 bits per heavy atom. The second kappa shape index (κ2) is 8.34. The van der Waals surface area contributed by atoms with E-state index in [4.69, 9.17) is 7.16 Å². The number of hydrogen-bond acceptors (Lipinski definition) is 1. The third-order valence-corrected chi connectivity index (χ3v) is 6.87.